The number of pyridine rings is 1. The number of carbonyl (C=O) groups is 1. The van der Waals surface area contributed by atoms with Crippen molar-refractivity contribution >= 4 is 22.4 Å². The van der Waals surface area contributed by atoms with Crippen molar-refractivity contribution in [2.45, 2.75) is 20.3 Å². The molecule has 0 saturated carbocycles. The second kappa shape index (κ2) is 7.50. The predicted octanol–water partition coefficient (Wildman–Crippen LogP) is 4.14. The van der Waals surface area contributed by atoms with Crippen LogP contribution in [-0.2, 0) is 7.05 Å². The molecule has 1 aromatic heterocycles. The molecule has 3 rings (SSSR count). The molecule has 5 heteroatoms. The Balaban J connectivity index is 2.02. The van der Waals surface area contributed by atoms with Gasteiger partial charge in [0.15, 0.2) is 5.78 Å². The van der Waals surface area contributed by atoms with E-state index in [0.29, 0.717) is 23.0 Å². The summed E-state index contributed by atoms with van der Waals surface area (Å²) in [6, 6.07) is 14.8. The van der Waals surface area contributed by atoms with Crippen molar-refractivity contribution in [1.29, 1.82) is 0 Å². The summed E-state index contributed by atoms with van der Waals surface area (Å²) in [5.41, 5.74) is 2.51. The van der Waals surface area contributed by atoms with E-state index in [-0.39, 0.29) is 11.3 Å². The van der Waals surface area contributed by atoms with E-state index in [2.05, 4.69) is 5.32 Å². The van der Waals surface area contributed by atoms with Gasteiger partial charge < -0.3 is 15.0 Å². The van der Waals surface area contributed by atoms with Gasteiger partial charge in [-0.3, -0.25) is 9.59 Å². The number of nitrogens with zero attached hydrogens (tertiary/aromatic N) is 1. The van der Waals surface area contributed by atoms with Gasteiger partial charge in [0.25, 0.3) is 5.56 Å². The number of carbonyl (C=O) groups excluding carboxylic acids is 1. The van der Waals surface area contributed by atoms with Crippen LogP contribution in [0.3, 0.4) is 0 Å². The highest BCUT2D eigenvalue weighted by atomic mass is 16.3. The quantitative estimate of drug-likeness (QED) is 0.528. The maximum absolute atomic E-state index is 12.8. The number of fused-ring (bicyclic) bond motifs is 1. The van der Waals surface area contributed by atoms with Gasteiger partial charge in [0.05, 0.1) is 5.52 Å². The summed E-state index contributed by atoms with van der Waals surface area (Å²) in [7, 11) is 1.59. The van der Waals surface area contributed by atoms with E-state index in [1.807, 2.05) is 38.1 Å². The van der Waals surface area contributed by atoms with E-state index in [0.717, 1.165) is 11.3 Å². The highest BCUT2D eigenvalue weighted by molar-refractivity contribution is 6.09. The van der Waals surface area contributed by atoms with Crippen LogP contribution in [0.2, 0.25) is 0 Å². The van der Waals surface area contributed by atoms with Crippen LogP contribution in [0, 0.1) is 6.92 Å². The Kier molecular flexibility index (Phi) is 5.12. The Morgan fingerprint density at radius 2 is 1.81 bits per heavy atom. The van der Waals surface area contributed by atoms with Gasteiger partial charge in [-0.25, -0.2) is 0 Å². The molecule has 5 nitrogen and oxygen atoms in total. The van der Waals surface area contributed by atoms with Crippen LogP contribution in [0.25, 0.3) is 10.9 Å². The highest BCUT2D eigenvalue weighted by Gasteiger charge is 2.19. The fourth-order valence-electron chi connectivity index (χ4n) is 2.98. The molecule has 2 N–H and O–H groups in total. The third kappa shape index (κ3) is 3.62. The fraction of sp³-hybridized carbons (Fsp3) is 0.182. The van der Waals surface area contributed by atoms with Crippen molar-refractivity contribution in [3.63, 3.8) is 0 Å². The highest BCUT2D eigenvalue weighted by Crippen LogP contribution is 2.26. The zero-order valence-electron chi connectivity index (χ0n) is 15.6. The molecule has 1 heterocycles. The lowest BCUT2D eigenvalue weighted by Gasteiger charge is -2.12. The van der Waals surface area contributed by atoms with Crippen LogP contribution in [0.5, 0.6) is 5.75 Å². The molecule has 0 amide bonds. The van der Waals surface area contributed by atoms with Gasteiger partial charge in [-0.15, -0.1) is 0 Å². The zero-order valence-corrected chi connectivity index (χ0v) is 15.6. The van der Waals surface area contributed by atoms with Gasteiger partial charge in [0, 0.05) is 29.9 Å². The molecule has 0 atom stereocenters. The smallest absolute Gasteiger partial charge is 0.265 e. The minimum atomic E-state index is -0.518. The lowest BCUT2D eigenvalue weighted by molar-refractivity contribution is 0.104. The van der Waals surface area contributed by atoms with Crippen molar-refractivity contribution in [3.8, 4) is 5.75 Å². The van der Waals surface area contributed by atoms with Gasteiger partial charge >= 0.3 is 0 Å². The lowest BCUT2D eigenvalue weighted by Crippen LogP contribution is -2.24. The van der Waals surface area contributed by atoms with Crippen LogP contribution in [0.15, 0.2) is 65.1 Å². The van der Waals surface area contributed by atoms with Gasteiger partial charge in [-0.2, -0.15) is 0 Å². The largest absolute Gasteiger partial charge is 0.506 e. The Labute approximate surface area is 157 Å². The molecule has 27 heavy (non-hydrogen) atoms. The number of nitrogens with one attached hydrogen (secondary N) is 1. The molecule has 0 aliphatic carbocycles. The summed E-state index contributed by atoms with van der Waals surface area (Å²) in [5.74, 6) is -0.795. The first-order valence-corrected chi connectivity index (χ1v) is 8.81. The van der Waals surface area contributed by atoms with Crippen molar-refractivity contribution in [2.75, 3.05) is 5.32 Å². The SMILES string of the molecule is CC/C(=C\C(=O)c1c(O)c2ccccc2n(C)c1=O)Nc1ccc(C)cc1. The molecule has 138 valence electrons. The van der Waals surface area contributed by atoms with E-state index in [4.69, 9.17) is 0 Å². The molecular formula is C22H22N2O3. The maximum Gasteiger partial charge on any atom is 0.265 e. The lowest BCUT2D eigenvalue weighted by atomic mass is 10.1. The van der Waals surface area contributed by atoms with Crippen LogP contribution in [-0.4, -0.2) is 15.5 Å². The molecule has 0 fully saturated rings. The van der Waals surface area contributed by atoms with E-state index < -0.39 is 11.3 Å². The molecule has 3 aromatic rings. The number of allylic oxidation sites excluding steroid dienone is 2. The van der Waals surface area contributed by atoms with E-state index in [1.165, 1.54) is 10.6 Å². The normalized spacial score (nSPS) is 11.6. The summed E-state index contributed by atoms with van der Waals surface area (Å²) in [4.78, 5) is 25.4. The number of para-hydroxylation sites is 1. The minimum absolute atomic E-state index is 0.215. The Morgan fingerprint density at radius 1 is 1.15 bits per heavy atom. The monoisotopic (exact) mass is 362 g/mol. The van der Waals surface area contributed by atoms with Gasteiger partial charge in [-0.1, -0.05) is 36.8 Å². The first-order chi connectivity index (χ1) is 12.9. The minimum Gasteiger partial charge on any atom is -0.506 e. The summed E-state index contributed by atoms with van der Waals surface area (Å²) >= 11 is 0. The van der Waals surface area contributed by atoms with E-state index in [1.54, 1.807) is 31.3 Å². The van der Waals surface area contributed by atoms with Crippen molar-refractivity contribution < 1.29 is 9.90 Å². The molecule has 0 saturated heterocycles. The van der Waals surface area contributed by atoms with Crippen molar-refractivity contribution in [2.24, 2.45) is 7.05 Å². The van der Waals surface area contributed by atoms with Crippen LogP contribution in [0.1, 0.15) is 29.3 Å². The molecule has 0 bridgehead atoms. The topological polar surface area (TPSA) is 71.3 Å². The fourth-order valence-corrected chi connectivity index (χ4v) is 2.98. The van der Waals surface area contributed by atoms with Crippen LogP contribution >= 0.6 is 0 Å². The molecule has 0 spiro atoms. The van der Waals surface area contributed by atoms with E-state index >= 15 is 0 Å². The number of anilines is 1. The van der Waals surface area contributed by atoms with Gasteiger partial charge in [0.2, 0.25) is 0 Å². The predicted molar refractivity (Wildman–Crippen MR) is 108 cm³/mol. The average molecular weight is 362 g/mol. The number of hydrogen-bond donors (Lipinski definition) is 2. The number of hydrogen-bond acceptors (Lipinski definition) is 4. The Bertz CT molecular complexity index is 1090. The molecule has 0 radical (unpaired) electrons. The Hall–Kier alpha value is -3.34. The summed E-state index contributed by atoms with van der Waals surface area (Å²) in [6.07, 6.45) is 1.96. The van der Waals surface area contributed by atoms with Gasteiger partial charge in [-0.05, 0) is 37.6 Å². The summed E-state index contributed by atoms with van der Waals surface area (Å²) in [6.45, 7) is 3.92. The van der Waals surface area contributed by atoms with Crippen LogP contribution < -0.4 is 10.9 Å². The third-order valence-electron chi connectivity index (χ3n) is 4.56. The number of rotatable bonds is 5. The first kappa shape index (κ1) is 18.5. The molecule has 0 aliphatic heterocycles. The molecule has 2 aromatic carbocycles. The van der Waals surface area contributed by atoms with Crippen molar-refractivity contribution in [1.82, 2.24) is 4.57 Å². The van der Waals surface area contributed by atoms with Crippen molar-refractivity contribution in [3.05, 3.63) is 81.8 Å². The second-order valence-corrected chi connectivity index (χ2v) is 6.48. The standard InChI is InChI=1S/C22H22N2O3/c1-4-15(23-16-11-9-14(2)10-12-16)13-19(25)20-21(26)17-7-5-6-8-18(17)24(3)22(20)27/h5-13,23,26H,4H2,1-3H3/b15-13+. The number of aryl methyl sites for hydroxylation is 2. The first-order valence-electron chi connectivity index (χ1n) is 8.81. The number of aromatic hydroxyl groups is 1. The zero-order chi connectivity index (χ0) is 19.6. The number of ketones is 1. The van der Waals surface area contributed by atoms with Crippen LogP contribution in [0.4, 0.5) is 5.69 Å². The molecule has 0 aliphatic rings. The second-order valence-electron chi connectivity index (χ2n) is 6.48. The summed E-state index contributed by atoms with van der Waals surface area (Å²) in [5, 5.41) is 14.2. The maximum atomic E-state index is 12.8. The molecule has 0 unspecified atom stereocenters. The Morgan fingerprint density at radius 3 is 2.48 bits per heavy atom. The van der Waals surface area contributed by atoms with Gasteiger partial charge in [0.1, 0.15) is 11.3 Å². The third-order valence-corrected chi connectivity index (χ3v) is 4.56. The summed E-state index contributed by atoms with van der Waals surface area (Å²) < 4.78 is 1.38. The average Bonchev–Trinajstić information content (AvgIpc) is 2.67. The molecular weight excluding hydrogens is 340 g/mol. The number of benzene rings is 2. The number of aromatic nitrogens is 1. The van der Waals surface area contributed by atoms with E-state index in [9.17, 15) is 14.7 Å².